The van der Waals surface area contributed by atoms with Crippen molar-refractivity contribution in [2.75, 3.05) is 44.5 Å². The molecule has 0 aliphatic carbocycles. The molecule has 2 unspecified atom stereocenters. The van der Waals surface area contributed by atoms with Gasteiger partial charge in [-0.05, 0) is 24.8 Å². The minimum atomic E-state index is -1.42. The standard InChI is InChI=1S/C23H36ClN5O6S.CH3FS/c1-11(24)15(21-18(31)17(30)19(32)23(35-21)36-2)28-22(33)16-20-13(8-27-16)10-29(5-6-34-20)9-12-3-4-14(25)26-7-12;1-3-2/h3-4,7,11,13,15-21,23,27,30-32H,5-6,8-10H2,1-2H3,(H2,25,26)(H,28,33);1H3/t11-,13+,15+,16-,17+,18?,19+,20+,21+,23?;/m0./s1. The fourth-order valence-electron chi connectivity index (χ4n) is 5.18. The van der Waals surface area contributed by atoms with Crippen LogP contribution in [-0.2, 0) is 20.8 Å². The van der Waals surface area contributed by atoms with Crippen molar-refractivity contribution in [2.45, 2.75) is 66.9 Å². The molecule has 0 aromatic carbocycles. The van der Waals surface area contributed by atoms with Gasteiger partial charge in [0.15, 0.2) is 0 Å². The highest BCUT2D eigenvalue weighted by atomic mass is 35.5. The maximum atomic E-state index is 13.4. The van der Waals surface area contributed by atoms with Crippen LogP contribution in [0.3, 0.4) is 0 Å². The van der Waals surface area contributed by atoms with Gasteiger partial charge in [0.2, 0.25) is 5.91 Å². The highest BCUT2D eigenvalue weighted by Gasteiger charge is 2.49. The number of thioether (sulfide) groups is 1. The molecule has 0 bridgehead atoms. The molecule has 3 fully saturated rings. The highest BCUT2D eigenvalue weighted by molar-refractivity contribution is 7.99. The Hall–Kier alpha value is -0.940. The minimum Gasteiger partial charge on any atom is -0.388 e. The van der Waals surface area contributed by atoms with Crippen LogP contribution in [0.2, 0.25) is 0 Å². The van der Waals surface area contributed by atoms with E-state index in [1.807, 2.05) is 6.07 Å². The smallest absolute Gasteiger partial charge is 0.240 e. The fourth-order valence-corrected chi connectivity index (χ4v) is 6.06. The van der Waals surface area contributed by atoms with Gasteiger partial charge in [-0.1, -0.05) is 6.07 Å². The summed E-state index contributed by atoms with van der Waals surface area (Å²) in [6.45, 7) is 4.97. The number of nitrogen functional groups attached to an aromatic ring is 1. The SMILES string of the molecule is CSC1O[C@H]([C@H](NC(=O)[C@H]2NC[C@@H]3CN(Cc4ccc(N)nc4)CCO[C@H]32)[C@H](C)Cl)C(O)[C@@H](O)[C@H]1O.CSF. The summed E-state index contributed by atoms with van der Waals surface area (Å²) in [5.41, 5.74) is 5.99. The van der Waals surface area contributed by atoms with Crippen LogP contribution in [0, 0.1) is 5.92 Å². The van der Waals surface area contributed by atoms with Crippen LogP contribution in [0.5, 0.6) is 0 Å². The molecule has 4 rings (SSSR count). The Morgan fingerprint density at radius 3 is 2.67 bits per heavy atom. The second-order valence-electron chi connectivity index (χ2n) is 9.85. The number of halogens is 2. The van der Waals surface area contributed by atoms with Crippen molar-refractivity contribution >= 4 is 47.2 Å². The van der Waals surface area contributed by atoms with Crippen molar-refractivity contribution in [3.8, 4) is 0 Å². The lowest BCUT2D eigenvalue weighted by atomic mass is 9.92. The maximum Gasteiger partial charge on any atom is 0.240 e. The monoisotopic (exact) mass is 611 g/mol. The number of amides is 1. The number of anilines is 1. The van der Waals surface area contributed by atoms with Crippen molar-refractivity contribution in [3.05, 3.63) is 23.9 Å². The number of nitrogens with two attached hydrogens (primary N) is 1. The van der Waals surface area contributed by atoms with Crippen LogP contribution in [0.1, 0.15) is 12.5 Å². The van der Waals surface area contributed by atoms with Crippen molar-refractivity contribution in [1.82, 2.24) is 20.5 Å². The van der Waals surface area contributed by atoms with Gasteiger partial charge in [0.1, 0.15) is 41.7 Å². The van der Waals surface area contributed by atoms with Crippen molar-refractivity contribution in [1.29, 1.82) is 0 Å². The van der Waals surface area contributed by atoms with Crippen molar-refractivity contribution in [3.63, 3.8) is 0 Å². The third kappa shape index (κ3) is 8.31. The number of aliphatic hydroxyl groups is 3. The van der Waals surface area contributed by atoms with Crippen molar-refractivity contribution in [2.24, 2.45) is 5.92 Å². The summed E-state index contributed by atoms with van der Waals surface area (Å²) in [5.74, 6) is 0.275. The topological polar surface area (TPSA) is 162 Å². The summed E-state index contributed by atoms with van der Waals surface area (Å²) in [5, 5.41) is 36.7. The molecule has 0 radical (unpaired) electrons. The van der Waals surface area contributed by atoms with Gasteiger partial charge < -0.3 is 41.2 Å². The zero-order valence-corrected chi connectivity index (χ0v) is 24.5. The lowest BCUT2D eigenvalue weighted by Gasteiger charge is -2.44. The van der Waals surface area contributed by atoms with Gasteiger partial charge in [-0.2, -0.15) is 3.89 Å². The number of pyridine rings is 1. The molecular formula is C24H39ClFN5O6S2. The van der Waals surface area contributed by atoms with Crippen LogP contribution in [0.15, 0.2) is 18.3 Å². The molecule has 39 heavy (non-hydrogen) atoms. The van der Waals surface area contributed by atoms with Gasteiger partial charge in [0, 0.05) is 56.7 Å². The van der Waals surface area contributed by atoms with E-state index in [4.69, 9.17) is 26.8 Å². The quantitative estimate of drug-likeness (QED) is 0.229. The number of carbonyl (C=O) groups is 1. The lowest BCUT2D eigenvalue weighted by Crippen LogP contribution is -2.65. The van der Waals surface area contributed by atoms with Gasteiger partial charge in [0.25, 0.3) is 0 Å². The number of fused-ring (bicyclic) bond motifs is 1. The number of hydrogen-bond acceptors (Lipinski definition) is 12. The maximum absolute atomic E-state index is 13.4. The van der Waals surface area contributed by atoms with E-state index < -0.39 is 47.3 Å². The van der Waals surface area contributed by atoms with Crippen LogP contribution in [-0.4, -0.2) is 123 Å². The third-order valence-electron chi connectivity index (χ3n) is 7.14. The lowest BCUT2D eigenvalue weighted by molar-refractivity contribution is -0.205. The van der Waals surface area contributed by atoms with E-state index in [1.165, 1.54) is 18.0 Å². The predicted octanol–water partition coefficient (Wildman–Crippen LogP) is -0.0308. The van der Waals surface area contributed by atoms with E-state index >= 15 is 0 Å². The first kappa shape index (κ1) is 32.6. The number of carbonyl (C=O) groups excluding carboxylic acids is 1. The molecule has 10 atom stereocenters. The summed E-state index contributed by atoms with van der Waals surface area (Å²) in [6, 6.07) is 2.35. The molecule has 3 aliphatic rings. The zero-order valence-electron chi connectivity index (χ0n) is 22.2. The Morgan fingerprint density at radius 1 is 1.33 bits per heavy atom. The first-order chi connectivity index (χ1) is 18.6. The average Bonchev–Trinajstić information content (AvgIpc) is 3.19. The number of aliphatic hydroxyl groups excluding tert-OH is 3. The number of hydrogen-bond donors (Lipinski definition) is 6. The second kappa shape index (κ2) is 15.3. The first-order valence-corrected chi connectivity index (χ1v) is 15.6. The van der Waals surface area contributed by atoms with E-state index in [9.17, 15) is 24.0 Å². The van der Waals surface area contributed by atoms with E-state index in [0.29, 0.717) is 25.5 Å². The molecule has 222 valence electrons. The van der Waals surface area contributed by atoms with Gasteiger partial charge in [0.05, 0.1) is 24.1 Å². The summed E-state index contributed by atoms with van der Waals surface area (Å²) < 4.78 is 22.2. The van der Waals surface area contributed by atoms with E-state index in [1.54, 1.807) is 25.4 Å². The van der Waals surface area contributed by atoms with Crippen molar-refractivity contribution < 1.29 is 33.5 Å². The molecule has 4 heterocycles. The van der Waals surface area contributed by atoms with Gasteiger partial charge in [-0.15, -0.1) is 23.4 Å². The first-order valence-electron chi connectivity index (χ1n) is 12.7. The molecule has 11 nitrogen and oxygen atoms in total. The minimum absolute atomic E-state index is 0.103. The largest absolute Gasteiger partial charge is 0.388 e. The Labute approximate surface area is 242 Å². The summed E-state index contributed by atoms with van der Waals surface area (Å²) in [6.07, 6.45) is -0.525. The van der Waals surface area contributed by atoms with Crippen LogP contribution < -0.4 is 16.4 Å². The van der Waals surface area contributed by atoms with E-state index in [0.717, 1.165) is 18.7 Å². The molecule has 0 saturated carbocycles. The highest BCUT2D eigenvalue weighted by Crippen LogP contribution is 2.31. The van der Waals surface area contributed by atoms with Crippen LogP contribution >= 0.6 is 35.5 Å². The third-order valence-corrected chi connectivity index (χ3v) is 8.26. The normalized spacial score (nSPS) is 34.7. The number of alkyl halides is 1. The molecule has 7 N–H and O–H groups in total. The molecular weight excluding hydrogens is 573 g/mol. The molecule has 3 saturated heterocycles. The van der Waals surface area contributed by atoms with Crippen LogP contribution in [0.25, 0.3) is 0 Å². The zero-order chi connectivity index (χ0) is 28.7. The second-order valence-corrected chi connectivity index (χ2v) is 11.8. The summed E-state index contributed by atoms with van der Waals surface area (Å²) in [7, 11) is 0. The summed E-state index contributed by atoms with van der Waals surface area (Å²) >= 11 is 7.87. The number of aromatic nitrogens is 1. The Balaban J connectivity index is 0.00000134. The fraction of sp³-hybridized carbons (Fsp3) is 0.750. The number of ether oxygens (including phenoxy) is 2. The number of nitrogens with one attached hydrogen (secondary N) is 2. The molecule has 15 heteroatoms. The van der Waals surface area contributed by atoms with Gasteiger partial charge >= 0.3 is 0 Å². The molecule has 1 aromatic heterocycles. The Bertz CT molecular complexity index is 910. The number of rotatable bonds is 7. The van der Waals surface area contributed by atoms with Gasteiger partial charge in [-0.25, -0.2) is 4.98 Å². The molecule has 1 aromatic rings. The predicted molar refractivity (Wildman–Crippen MR) is 151 cm³/mol. The Kier molecular flexibility index (Phi) is 12.8. The Morgan fingerprint density at radius 2 is 2.05 bits per heavy atom. The number of nitrogens with zero attached hydrogens (tertiary/aromatic N) is 2. The van der Waals surface area contributed by atoms with Gasteiger partial charge in [-0.3, -0.25) is 9.69 Å². The van der Waals surface area contributed by atoms with E-state index in [2.05, 4.69) is 20.5 Å². The molecule has 1 amide bonds. The van der Waals surface area contributed by atoms with Crippen LogP contribution in [0.4, 0.5) is 9.70 Å². The average molecular weight is 612 g/mol. The molecule has 0 spiro atoms. The summed E-state index contributed by atoms with van der Waals surface area (Å²) in [4.78, 5) is 19.8. The molecule has 3 aliphatic heterocycles. The van der Waals surface area contributed by atoms with E-state index in [-0.39, 0.29) is 30.1 Å².